The van der Waals surface area contributed by atoms with Crippen molar-refractivity contribution in [3.63, 3.8) is 0 Å². The van der Waals surface area contributed by atoms with E-state index in [2.05, 4.69) is 15.7 Å². The van der Waals surface area contributed by atoms with E-state index in [1.54, 1.807) is 29.1 Å². The summed E-state index contributed by atoms with van der Waals surface area (Å²) in [7, 11) is 0. The summed E-state index contributed by atoms with van der Waals surface area (Å²) >= 11 is 0. The predicted molar refractivity (Wildman–Crippen MR) is 65.9 cm³/mol. The Hall–Kier alpha value is -1.79. The number of aryl methyl sites for hydroxylation is 1. The van der Waals surface area contributed by atoms with Crippen molar-refractivity contribution < 1.29 is 4.39 Å². The second-order valence-corrected chi connectivity index (χ2v) is 4.00. The Kier molecular flexibility index (Phi) is 4.01. The molecule has 5 nitrogen and oxygen atoms in total. The smallest absolute Gasteiger partial charge is 0.128 e. The average molecular weight is 249 g/mol. The maximum atomic E-state index is 13.8. The minimum absolute atomic E-state index is 0.301. The van der Waals surface area contributed by atoms with E-state index < -0.39 is 6.04 Å². The predicted octanol–water partition coefficient (Wildman–Crippen LogP) is 1.38. The Morgan fingerprint density at radius 2 is 2.22 bits per heavy atom. The zero-order chi connectivity index (χ0) is 13.0. The summed E-state index contributed by atoms with van der Waals surface area (Å²) in [5.74, 6) is 5.24. The number of nitrogens with one attached hydrogen (secondary N) is 1. The van der Waals surface area contributed by atoms with Crippen molar-refractivity contribution in [2.45, 2.75) is 25.9 Å². The first-order valence-electron chi connectivity index (χ1n) is 5.86. The Morgan fingerprint density at radius 3 is 2.89 bits per heavy atom. The molecule has 1 aromatic carbocycles. The fraction of sp³-hybridized carbons (Fsp3) is 0.333. The van der Waals surface area contributed by atoms with Crippen LogP contribution in [0.5, 0.6) is 0 Å². The number of hydrazine groups is 1. The minimum Gasteiger partial charge on any atom is -0.271 e. The van der Waals surface area contributed by atoms with Gasteiger partial charge in [0.25, 0.3) is 0 Å². The highest BCUT2D eigenvalue weighted by molar-refractivity contribution is 5.27. The van der Waals surface area contributed by atoms with E-state index in [0.29, 0.717) is 5.56 Å². The molecule has 2 rings (SSSR count). The first-order chi connectivity index (χ1) is 8.77. The normalized spacial score (nSPS) is 12.6. The Balaban J connectivity index is 2.39. The summed E-state index contributed by atoms with van der Waals surface area (Å²) in [6, 6.07) is 6.08. The lowest BCUT2D eigenvalue weighted by Crippen LogP contribution is -2.31. The van der Waals surface area contributed by atoms with Gasteiger partial charge in [-0.1, -0.05) is 30.3 Å². The van der Waals surface area contributed by atoms with E-state index in [1.807, 2.05) is 6.92 Å². The number of benzene rings is 1. The van der Waals surface area contributed by atoms with E-state index in [4.69, 9.17) is 5.84 Å². The van der Waals surface area contributed by atoms with Crippen LogP contribution in [0, 0.1) is 5.82 Å². The first kappa shape index (κ1) is 12.7. The van der Waals surface area contributed by atoms with Crippen molar-refractivity contribution >= 4 is 0 Å². The molecule has 0 saturated heterocycles. The molecule has 0 radical (unpaired) electrons. The van der Waals surface area contributed by atoms with Crippen molar-refractivity contribution in [2.75, 3.05) is 0 Å². The number of halogens is 1. The van der Waals surface area contributed by atoms with Gasteiger partial charge in [0, 0.05) is 12.1 Å². The van der Waals surface area contributed by atoms with E-state index >= 15 is 0 Å². The molecule has 1 unspecified atom stereocenters. The minimum atomic E-state index is -0.451. The molecule has 1 aromatic heterocycles. The number of aromatic nitrogens is 3. The highest BCUT2D eigenvalue weighted by atomic mass is 19.1. The summed E-state index contributed by atoms with van der Waals surface area (Å²) in [5, 5.41) is 7.84. The molecule has 18 heavy (non-hydrogen) atoms. The van der Waals surface area contributed by atoms with Crippen molar-refractivity contribution in [3.05, 3.63) is 47.5 Å². The van der Waals surface area contributed by atoms with E-state index in [-0.39, 0.29) is 5.82 Å². The third kappa shape index (κ3) is 2.39. The van der Waals surface area contributed by atoms with Crippen LogP contribution in [-0.2, 0) is 6.54 Å². The molecule has 6 heteroatoms. The highest BCUT2D eigenvalue weighted by Gasteiger charge is 2.20. The lowest BCUT2D eigenvalue weighted by molar-refractivity contribution is 0.496. The second kappa shape index (κ2) is 5.70. The lowest BCUT2D eigenvalue weighted by Gasteiger charge is -2.17. The van der Waals surface area contributed by atoms with Crippen LogP contribution in [0.2, 0.25) is 0 Å². The van der Waals surface area contributed by atoms with Crippen molar-refractivity contribution in [3.8, 4) is 0 Å². The third-order valence-electron chi connectivity index (χ3n) is 2.76. The van der Waals surface area contributed by atoms with Crippen molar-refractivity contribution in [1.82, 2.24) is 20.4 Å². The van der Waals surface area contributed by atoms with Gasteiger partial charge in [-0.2, -0.15) is 0 Å². The van der Waals surface area contributed by atoms with Crippen LogP contribution in [-0.4, -0.2) is 15.0 Å². The van der Waals surface area contributed by atoms with Gasteiger partial charge in [-0.15, -0.1) is 5.10 Å². The zero-order valence-corrected chi connectivity index (χ0v) is 10.2. The van der Waals surface area contributed by atoms with Crippen LogP contribution in [0.4, 0.5) is 4.39 Å². The molecule has 1 heterocycles. The van der Waals surface area contributed by atoms with Crippen molar-refractivity contribution in [2.24, 2.45) is 5.84 Å². The monoisotopic (exact) mass is 249 g/mol. The van der Waals surface area contributed by atoms with Gasteiger partial charge < -0.3 is 0 Å². The molecule has 3 N–H and O–H groups in total. The standard InChI is InChI=1S/C12H16FN5/c1-2-7-18-11(8-15-17-18)12(16-14)9-5-3-4-6-10(9)13/h3-6,8,12,16H,2,7,14H2,1H3. The molecule has 0 spiro atoms. The fourth-order valence-corrected chi connectivity index (χ4v) is 1.92. The molecular formula is C12H16FN5. The van der Waals surface area contributed by atoms with E-state index in [0.717, 1.165) is 18.7 Å². The van der Waals surface area contributed by atoms with Crippen LogP contribution >= 0.6 is 0 Å². The zero-order valence-electron chi connectivity index (χ0n) is 10.2. The molecule has 0 aliphatic heterocycles. The van der Waals surface area contributed by atoms with Gasteiger partial charge in [-0.3, -0.25) is 5.84 Å². The van der Waals surface area contributed by atoms with Crippen LogP contribution in [0.15, 0.2) is 30.5 Å². The summed E-state index contributed by atoms with van der Waals surface area (Å²) in [6.45, 7) is 2.77. The Morgan fingerprint density at radius 1 is 1.44 bits per heavy atom. The Bertz CT molecular complexity index is 511. The molecule has 0 aliphatic carbocycles. The molecule has 0 aliphatic rings. The summed E-state index contributed by atoms with van der Waals surface area (Å²) in [5.41, 5.74) is 3.86. The lowest BCUT2D eigenvalue weighted by atomic mass is 10.0. The maximum absolute atomic E-state index is 13.8. The first-order valence-corrected chi connectivity index (χ1v) is 5.86. The number of rotatable bonds is 5. The highest BCUT2D eigenvalue weighted by Crippen LogP contribution is 2.22. The summed E-state index contributed by atoms with van der Waals surface area (Å²) in [4.78, 5) is 0. The molecule has 96 valence electrons. The van der Waals surface area contributed by atoms with Gasteiger partial charge >= 0.3 is 0 Å². The average Bonchev–Trinajstić information content (AvgIpc) is 2.82. The number of nitrogens with zero attached hydrogens (tertiary/aromatic N) is 3. The van der Waals surface area contributed by atoms with Gasteiger partial charge in [0.15, 0.2) is 0 Å². The van der Waals surface area contributed by atoms with Gasteiger partial charge in [0.2, 0.25) is 0 Å². The van der Waals surface area contributed by atoms with Gasteiger partial charge in [0.1, 0.15) is 5.82 Å². The number of hydrogen-bond donors (Lipinski definition) is 2. The van der Waals surface area contributed by atoms with Gasteiger partial charge in [0.05, 0.1) is 17.9 Å². The largest absolute Gasteiger partial charge is 0.271 e. The maximum Gasteiger partial charge on any atom is 0.128 e. The third-order valence-corrected chi connectivity index (χ3v) is 2.76. The van der Waals surface area contributed by atoms with Gasteiger partial charge in [-0.25, -0.2) is 14.5 Å². The topological polar surface area (TPSA) is 68.8 Å². The van der Waals surface area contributed by atoms with Gasteiger partial charge in [-0.05, 0) is 12.5 Å². The SMILES string of the molecule is CCCn1nncc1C(NN)c1ccccc1F. The molecule has 0 saturated carbocycles. The van der Waals surface area contributed by atoms with E-state index in [9.17, 15) is 4.39 Å². The molecule has 2 aromatic rings. The second-order valence-electron chi connectivity index (χ2n) is 4.00. The summed E-state index contributed by atoms with van der Waals surface area (Å²) < 4.78 is 15.5. The van der Waals surface area contributed by atoms with Crippen LogP contribution in [0.25, 0.3) is 0 Å². The summed E-state index contributed by atoms with van der Waals surface area (Å²) in [6.07, 6.45) is 2.53. The molecule has 0 amide bonds. The van der Waals surface area contributed by atoms with Crippen LogP contribution < -0.4 is 11.3 Å². The fourth-order valence-electron chi connectivity index (χ4n) is 1.92. The van der Waals surface area contributed by atoms with E-state index in [1.165, 1.54) is 6.07 Å². The molecule has 1 atom stereocenters. The number of hydrogen-bond acceptors (Lipinski definition) is 4. The van der Waals surface area contributed by atoms with Crippen LogP contribution in [0.3, 0.4) is 0 Å². The Labute approximate surface area is 105 Å². The van der Waals surface area contributed by atoms with Crippen LogP contribution in [0.1, 0.15) is 30.6 Å². The van der Waals surface area contributed by atoms with Crippen molar-refractivity contribution in [1.29, 1.82) is 0 Å². The molecule has 0 fully saturated rings. The molecule has 0 bridgehead atoms. The quantitative estimate of drug-likeness (QED) is 0.620. The number of nitrogens with two attached hydrogens (primary N) is 1. The molecular weight excluding hydrogens is 233 g/mol.